The van der Waals surface area contributed by atoms with Crippen LogP contribution >= 0.6 is 15.9 Å². The van der Waals surface area contributed by atoms with Crippen molar-refractivity contribution in [3.05, 3.63) is 0 Å². The van der Waals surface area contributed by atoms with Gasteiger partial charge in [0.25, 0.3) is 0 Å². The van der Waals surface area contributed by atoms with E-state index in [1.165, 1.54) is 38.5 Å². The SMILES string of the molecule is CCC(CC)(CBr)NC(=O)CC12CC3CC(CC(C3)C1)C2. The highest BCUT2D eigenvalue weighted by molar-refractivity contribution is 9.09. The number of halogens is 1. The maximum atomic E-state index is 12.7. The minimum Gasteiger partial charge on any atom is -0.350 e. The molecule has 4 bridgehead atoms. The minimum atomic E-state index is -0.0423. The maximum absolute atomic E-state index is 12.7. The van der Waals surface area contributed by atoms with Gasteiger partial charge in [-0.1, -0.05) is 29.8 Å². The highest BCUT2D eigenvalue weighted by atomic mass is 79.9. The molecule has 4 rings (SSSR count). The van der Waals surface area contributed by atoms with Gasteiger partial charge >= 0.3 is 0 Å². The average molecular weight is 356 g/mol. The summed E-state index contributed by atoms with van der Waals surface area (Å²) in [5.74, 6) is 3.10. The third-order valence-corrected chi connectivity index (χ3v) is 7.79. The molecule has 0 aromatic rings. The van der Waals surface area contributed by atoms with Gasteiger partial charge in [0.15, 0.2) is 0 Å². The van der Waals surface area contributed by atoms with E-state index in [4.69, 9.17) is 0 Å². The molecule has 4 saturated carbocycles. The monoisotopic (exact) mass is 355 g/mol. The normalized spacial score (nSPS) is 37.8. The van der Waals surface area contributed by atoms with Gasteiger partial charge in [0.05, 0.1) is 0 Å². The van der Waals surface area contributed by atoms with Crippen LogP contribution in [0.2, 0.25) is 0 Å². The predicted octanol–water partition coefficient (Wildman–Crippen LogP) is 4.66. The molecule has 1 N–H and O–H groups in total. The zero-order chi connectivity index (χ0) is 15.1. The lowest BCUT2D eigenvalue weighted by atomic mass is 9.49. The summed E-state index contributed by atoms with van der Waals surface area (Å²) in [6.45, 7) is 4.35. The van der Waals surface area contributed by atoms with E-state index in [0.717, 1.165) is 42.3 Å². The standard InChI is InChI=1S/C18H30BrNO/c1-3-18(4-2,12-19)20-16(21)11-17-8-13-5-14(9-17)7-15(6-13)10-17/h13-15H,3-12H2,1-2H3,(H,20,21). The second-order valence-corrected chi connectivity index (χ2v) is 8.82. The van der Waals surface area contributed by atoms with Gasteiger partial charge in [-0.15, -0.1) is 0 Å². The number of rotatable bonds is 6. The molecule has 3 heteroatoms. The third-order valence-electron chi connectivity index (χ3n) is 6.71. The molecule has 4 aliphatic rings. The first-order chi connectivity index (χ1) is 10.0. The summed E-state index contributed by atoms with van der Waals surface area (Å²) in [4.78, 5) is 12.7. The van der Waals surface area contributed by atoms with E-state index >= 15 is 0 Å². The average Bonchev–Trinajstić information content (AvgIpc) is 2.43. The Balaban J connectivity index is 1.65. The number of hydrogen-bond acceptors (Lipinski definition) is 1. The largest absolute Gasteiger partial charge is 0.350 e. The Morgan fingerprint density at radius 2 is 1.57 bits per heavy atom. The summed E-state index contributed by atoms with van der Waals surface area (Å²) in [6.07, 6.45) is 11.1. The molecule has 0 aliphatic heterocycles. The lowest BCUT2D eigenvalue weighted by Crippen LogP contribution is -2.52. The Labute approximate surface area is 138 Å². The Kier molecular flexibility index (Phi) is 4.42. The zero-order valence-corrected chi connectivity index (χ0v) is 15.2. The number of alkyl halides is 1. The first-order valence-electron chi connectivity index (χ1n) is 8.89. The molecule has 1 amide bonds. The molecule has 0 aromatic carbocycles. The molecule has 120 valence electrons. The van der Waals surface area contributed by atoms with Crippen LogP contribution in [0.1, 0.15) is 71.6 Å². The molecule has 4 aliphatic carbocycles. The van der Waals surface area contributed by atoms with Crippen LogP contribution in [0, 0.1) is 23.2 Å². The second kappa shape index (κ2) is 5.86. The van der Waals surface area contributed by atoms with Gasteiger partial charge in [-0.3, -0.25) is 4.79 Å². The molecule has 0 unspecified atom stereocenters. The summed E-state index contributed by atoms with van der Waals surface area (Å²) in [5.41, 5.74) is 0.317. The Morgan fingerprint density at radius 1 is 1.10 bits per heavy atom. The van der Waals surface area contributed by atoms with Crippen LogP contribution < -0.4 is 5.32 Å². The lowest BCUT2D eigenvalue weighted by Gasteiger charge is -2.56. The molecule has 0 spiro atoms. The molecule has 0 atom stereocenters. The van der Waals surface area contributed by atoms with Crippen LogP contribution in [0.4, 0.5) is 0 Å². The van der Waals surface area contributed by atoms with Crippen molar-refractivity contribution in [2.45, 2.75) is 77.2 Å². The summed E-state index contributed by atoms with van der Waals surface area (Å²) >= 11 is 3.60. The quantitative estimate of drug-likeness (QED) is 0.689. The number of carbonyl (C=O) groups is 1. The van der Waals surface area contributed by atoms with E-state index in [9.17, 15) is 4.79 Å². The number of hydrogen-bond donors (Lipinski definition) is 1. The van der Waals surface area contributed by atoms with Gasteiger partial charge < -0.3 is 5.32 Å². The van der Waals surface area contributed by atoms with Gasteiger partial charge in [-0.05, 0) is 74.5 Å². The topological polar surface area (TPSA) is 29.1 Å². The van der Waals surface area contributed by atoms with Crippen molar-refractivity contribution in [1.29, 1.82) is 0 Å². The Hall–Kier alpha value is -0.0500. The van der Waals surface area contributed by atoms with Gasteiger partial charge in [0.1, 0.15) is 0 Å². The highest BCUT2D eigenvalue weighted by Gasteiger charge is 2.51. The third kappa shape index (κ3) is 3.04. The molecule has 2 nitrogen and oxygen atoms in total. The van der Waals surface area contributed by atoms with Crippen molar-refractivity contribution in [1.82, 2.24) is 5.32 Å². The first-order valence-corrected chi connectivity index (χ1v) is 10.0. The number of carbonyl (C=O) groups excluding carboxylic acids is 1. The lowest BCUT2D eigenvalue weighted by molar-refractivity contribution is -0.131. The van der Waals surface area contributed by atoms with Crippen molar-refractivity contribution in [3.63, 3.8) is 0 Å². The fourth-order valence-electron chi connectivity index (χ4n) is 5.84. The van der Waals surface area contributed by atoms with Crippen molar-refractivity contribution in [2.24, 2.45) is 23.2 Å². The van der Waals surface area contributed by atoms with E-state index in [1.54, 1.807) is 0 Å². The van der Waals surface area contributed by atoms with Crippen LogP contribution in [0.15, 0.2) is 0 Å². The van der Waals surface area contributed by atoms with Crippen LogP contribution in [0.25, 0.3) is 0 Å². The van der Waals surface area contributed by atoms with E-state index in [0.29, 0.717) is 11.3 Å². The number of nitrogens with one attached hydrogen (secondary N) is 1. The molecule has 0 radical (unpaired) electrons. The molecule has 21 heavy (non-hydrogen) atoms. The van der Waals surface area contributed by atoms with Gasteiger partial charge in [0.2, 0.25) is 5.91 Å². The maximum Gasteiger partial charge on any atom is 0.221 e. The summed E-state index contributed by atoms with van der Waals surface area (Å²) in [6, 6.07) is 0. The van der Waals surface area contributed by atoms with Crippen LogP contribution in [-0.4, -0.2) is 16.8 Å². The Bertz CT molecular complexity index is 358. The molecular weight excluding hydrogens is 326 g/mol. The van der Waals surface area contributed by atoms with E-state index < -0.39 is 0 Å². The van der Waals surface area contributed by atoms with Crippen LogP contribution in [0.5, 0.6) is 0 Å². The zero-order valence-electron chi connectivity index (χ0n) is 13.6. The molecule has 0 heterocycles. The van der Waals surface area contributed by atoms with E-state index in [-0.39, 0.29) is 5.54 Å². The van der Waals surface area contributed by atoms with Crippen molar-refractivity contribution in [3.8, 4) is 0 Å². The molecule has 4 fully saturated rings. The first kappa shape index (κ1) is 15.8. The smallest absolute Gasteiger partial charge is 0.221 e. The highest BCUT2D eigenvalue weighted by Crippen LogP contribution is 2.61. The molecular formula is C18H30BrNO. The van der Waals surface area contributed by atoms with Crippen LogP contribution in [0.3, 0.4) is 0 Å². The molecule has 0 aromatic heterocycles. The van der Waals surface area contributed by atoms with Crippen molar-refractivity contribution >= 4 is 21.8 Å². The van der Waals surface area contributed by atoms with E-state index in [1.807, 2.05) is 0 Å². The Morgan fingerprint density at radius 3 is 1.95 bits per heavy atom. The second-order valence-electron chi connectivity index (χ2n) is 8.26. The van der Waals surface area contributed by atoms with Crippen LogP contribution in [-0.2, 0) is 4.79 Å². The molecule has 0 saturated heterocycles. The van der Waals surface area contributed by atoms with Crippen molar-refractivity contribution < 1.29 is 4.79 Å². The fourth-order valence-corrected chi connectivity index (χ4v) is 6.77. The number of amides is 1. The van der Waals surface area contributed by atoms with Gasteiger partial charge in [0, 0.05) is 17.3 Å². The summed E-state index contributed by atoms with van der Waals surface area (Å²) < 4.78 is 0. The van der Waals surface area contributed by atoms with Gasteiger partial charge in [-0.2, -0.15) is 0 Å². The van der Waals surface area contributed by atoms with Crippen molar-refractivity contribution in [2.75, 3.05) is 5.33 Å². The fraction of sp³-hybridized carbons (Fsp3) is 0.944. The predicted molar refractivity (Wildman–Crippen MR) is 90.5 cm³/mol. The summed E-state index contributed by atoms with van der Waals surface area (Å²) in [5, 5.41) is 4.23. The minimum absolute atomic E-state index is 0.0423. The summed E-state index contributed by atoms with van der Waals surface area (Å²) in [7, 11) is 0. The van der Waals surface area contributed by atoms with Gasteiger partial charge in [-0.25, -0.2) is 0 Å². The van der Waals surface area contributed by atoms with E-state index in [2.05, 4.69) is 35.1 Å².